The highest BCUT2D eigenvalue weighted by Crippen LogP contribution is 2.36. The third-order valence-corrected chi connectivity index (χ3v) is 4.61. The van der Waals surface area contributed by atoms with E-state index < -0.39 is 5.97 Å². The second kappa shape index (κ2) is 9.75. The minimum atomic E-state index is -0.966. The molecule has 0 saturated carbocycles. The van der Waals surface area contributed by atoms with Gasteiger partial charge in [0.2, 0.25) is 0 Å². The summed E-state index contributed by atoms with van der Waals surface area (Å²) in [6.07, 6.45) is 1.64. The van der Waals surface area contributed by atoms with E-state index in [0.717, 1.165) is 15.6 Å². The molecule has 0 aliphatic carbocycles. The summed E-state index contributed by atoms with van der Waals surface area (Å²) in [5.74, 6) is 0.236. The largest absolute Gasteiger partial charge is 0.493 e. The Kier molecular flexibility index (Phi) is 6.86. The predicted octanol–water partition coefficient (Wildman–Crippen LogP) is 5.18. The summed E-state index contributed by atoms with van der Waals surface area (Å²) in [5.41, 5.74) is 5.63. The summed E-state index contributed by atoms with van der Waals surface area (Å²) in [5, 5.41) is 13.1. The summed E-state index contributed by atoms with van der Waals surface area (Å²) in [7, 11) is 1.58. The first-order valence-corrected chi connectivity index (χ1v) is 9.53. The molecular formula is C22H19BrN2O4. The molecule has 148 valence electrons. The number of ether oxygens (including phenoxy) is 2. The van der Waals surface area contributed by atoms with Crippen LogP contribution >= 0.6 is 15.9 Å². The molecule has 0 bridgehead atoms. The van der Waals surface area contributed by atoms with Crippen LogP contribution in [0, 0.1) is 0 Å². The van der Waals surface area contributed by atoms with Crippen molar-refractivity contribution in [2.24, 2.45) is 5.10 Å². The van der Waals surface area contributed by atoms with E-state index in [-0.39, 0.29) is 5.56 Å². The van der Waals surface area contributed by atoms with Crippen molar-refractivity contribution < 1.29 is 19.4 Å². The lowest BCUT2D eigenvalue weighted by molar-refractivity contribution is 0.0697. The van der Waals surface area contributed by atoms with E-state index in [9.17, 15) is 4.79 Å². The van der Waals surface area contributed by atoms with Gasteiger partial charge in [0, 0.05) is 0 Å². The van der Waals surface area contributed by atoms with E-state index >= 15 is 0 Å². The van der Waals surface area contributed by atoms with Crippen LogP contribution in [0.1, 0.15) is 21.5 Å². The van der Waals surface area contributed by atoms with Gasteiger partial charge in [0.15, 0.2) is 11.5 Å². The summed E-state index contributed by atoms with van der Waals surface area (Å²) in [6, 6.07) is 19.9. The molecule has 0 fully saturated rings. The van der Waals surface area contributed by atoms with Gasteiger partial charge < -0.3 is 14.6 Å². The van der Waals surface area contributed by atoms with Crippen molar-refractivity contribution in [2.45, 2.75) is 6.61 Å². The lowest BCUT2D eigenvalue weighted by Crippen LogP contribution is -2.00. The summed E-state index contributed by atoms with van der Waals surface area (Å²) in [4.78, 5) is 10.9. The van der Waals surface area contributed by atoms with E-state index in [1.807, 2.05) is 42.5 Å². The van der Waals surface area contributed by atoms with Crippen molar-refractivity contribution in [2.75, 3.05) is 12.5 Å². The monoisotopic (exact) mass is 454 g/mol. The summed E-state index contributed by atoms with van der Waals surface area (Å²) >= 11 is 3.53. The number of benzene rings is 3. The number of anilines is 1. The molecule has 0 aliphatic heterocycles. The number of hydrogen-bond acceptors (Lipinski definition) is 5. The van der Waals surface area contributed by atoms with Crippen molar-refractivity contribution in [1.82, 2.24) is 0 Å². The molecule has 0 saturated heterocycles. The minimum Gasteiger partial charge on any atom is -0.493 e. The van der Waals surface area contributed by atoms with Crippen molar-refractivity contribution in [3.63, 3.8) is 0 Å². The lowest BCUT2D eigenvalue weighted by Gasteiger charge is -2.13. The van der Waals surface area contributed by atoms with Crippen LogP contribution in [0.2, 0.25) is 0 Å². The number of carboxylic acids is 1. The second-order valence-corrected chi connectivity index (χ2v) is 6.92. The second-order valence-electron chi connectivity index (χ2n) is 6.06. The van der Waals surface area contributed by atoms with Gasteiger partial charge in [0.1, 0.15) is 6.61 Å². The Morgan fingerprint density at radius 2 is 1.86 bits per heavy atom. The Morgan fingerprint density at radius 1 is 1.14 bits per heavy atom. The van der Waals surface area contributed by atoms with Gasteiger partial charge in [-0.05, 0) is 63.5 Å². The average Bonchev–Trinajstić information content (AvgIpc) is 2.73. The average molecular weight is 455 g/mol. The lowest BCUT2D eigenvalue weighted by atomic mass is 10.2. The maximum atomic E-state index is 10.9. The molecule has 0 aliphatic rings. The highest BCUT2D eigenvalue weighted by atomic mass is 79.9. The van der Waals surface area contributed by atoms with Crippen molar-refractivity contribution in [3.05, 3.63) is 87.9 Å². The highest BCUT2D eigenvalue weighted by Gasteiger charge is 2.11. The SMILES string of the molecule is COc1cc(C=NNc2ccc(C(=O)O)cc2)cc(Br)c1OCc1ccccc1. The first-order chi connectivity index (χ1) is 14.1. The molecule has 0 amide bonds. The van der Waals surface area contributed by atoms with Gasteiger partial charge in [-0.25, -0.2) is 4.79 Å². The Labute approximate surface area is 176 Å². The molecule has 6 nitrogen and oxygen atoms in total. The molecule has 2 N–H and O–H groups in total. The first-order valence-electron chi connectivity index (χ1n) is 8.73. The van der Waals surface area contributed by atoms with Crippen molar-refractivity contribution in [3.8, 4) is 11.5 Å². The normalized spacial score (nSPS) is 10.7. The molecule has 3 aromatic rings. The Hall–Kier alpha value is -3.32. The summed E-state index contributed by atoms with van der Waals surface area (Å²) in [6.45, 7) is 0.428. The number of aromatic carboxylic acids is 1. The van der Waals surface area contributed by atoms with E-state index in [1.165, 1.54) is 12.1 Å². The van der Waals surface area contributed by atoms with Crippen LogP contribution in [0.5, 0.6) is 11.5 Å². The number of carbonyl (C=O) groups is 1. The molecule has 0 aromatic heterocycles. The maximum absolute atomic E-state index is 10.9. The molecule has 29 heavy (non-hydrogen) atoms. The topological polar surface area (TPSA) is 80.2 Å². The Morgan fingerprint density at radius 3 is 2.52 bits per heavy atom. The zero-order chi connectivity index (χ0) is 20.6. The van der Waals surface area contributed by atoms with E-state index in [2.05, 4.69) is 26.5 Å². The number of carboxylic acid groups (broad SMARTS) is 1. The smallest absolute Gasteiger partial charge is 0.335 e. The fourth-order valence-corrected chi connectivity index (χ4v) is 3.13. The molecule has 0 unspecified atom stereocenters. The van der Waals surface area contributed by atoms with Gasteiger partial charge >= 0.3 is 5.97 Å². The van der Waals surface area contributed by atoms with E-state index in [4.69, 9.17) is 14.6 Å². The number of hydrogen-bond donors (Lipinski definition) is 2. The van der Waals surface area contributed by atoms with Crippen LogP contribution in [0.4, 0.5) is 5.69 Å². The molecule has 0 heterocycles. The standard InChI is InChI=1S/C22H19BrN2O4/c1-28-20-12-16(13-24-25-18-9-7-17(8-10-18)22(26)27)11-19(23)21(20)29-14-15-5-3-2-4-6-15/h2-13,25H,14H2,1H3,(H,26,27). The molecular weight excluding hydrogens is 436 g/mol. The number of nitrogens with zero attached hydrogens (tertiary/aromatic N) is 1. The number of nitrogens with one attached hydrogen (secondary N) is 1. The zero-order valence-electron chi connectivity index (χ0n) is 15.6. The van der Waals surface area contributed by atoms with E-state index in [1.54, 1.807) is 25.5 Å². The third-order valence-electron chi connectivity index (χ3n) is 4.02. The Bertz CT molecular complexity index is 1010. The van der Waals surface area contributed by atoms with Crippen LogP contribution in [-0.4, -0.2) is 24.4 Å². The molecule has 3 aromatic carbocycles. The number of hydrazone groups is 1. The van der Waals surface area contributed by atoms with Crippen molar-refractivity contribution >= 4 is 33.8 Å². The number of methoxy groups -OCH3 is 1. The van der Waals surface area contributed by atoms with Gasteiger partial charge in [-0.15, -0.1) is 0 Å². The molecule has 0 atom stereocenters. The fourth-order valence-electron chi connectivity index (χ4n) is 2.55. The van der Waals surface area contributed by atoms with Crippen LogP contribution in [0.15, 0.2) is 76.3 Å². The van der Waals surface area contributed by atoms with Crippen LogP contribution < -0.4 is 14.9 Å². The molecule has 3 rings (SSSR count). The quantitative estimate of drug-likeness (QED) is 0.362. The zero-order valence-corrected chi connectivity index (χ0v) is 17.2. The van der Waals surface area contributed by atoms with Gasteiger partial charge in [0.25, 0.3) is 0 Å². The third kappa shape index (κ3) is 5.58. The maximum Gasteiger partial charge on any atom is 0.335 e. The van der Waals surface area contributed by atoms with Gasteiger partial charge in [-0.3, -0.25) is 5.43 Å². The van der Waals surface area contributed by atoms with Gasteiger partial charge in [-0.2, -0.15) is 5.10 Å². The van der Waals surface area contributed by atoms with Crippen LogP contribution in [0.25, 0.3) is 0 Å². The summed E-state index contributed by atoms with van der Waals surface area (Å²) < 4.78 is 12.1. The number of rotatable bonds is 8. The molecule has 7 heteroatoms. The van der Waals surface area contributed by atoms with Crippen LogP contribution in [0.3, 0.4) is 0 Å². The minimum absolute atomic E-state index is 0.222. The molecule has 0 spiro atoms. The van der Waals surface area contributed by atoms with Gasteiger partial charge in [-0.1, -0.05) is 30.3 Å². The first kappa shape index (κ1) is 20.4. The van der Waals surface area contributed by atoms with E-state index in [0.29, 0.717) is 23.8 Å². The Balaban J connectivity index is 1.69. The van der Waals surface area contributed by atoms with Crippen LogP contribution in [-0.2, 0) is 6.61 Å². The highest BCUT2D eigenvalue weighted by molar-refractivity contribution is 9.10. The predicted molar refractivity (Wildman–Crippen MR) is 116 cm³/mol. The molecule has 0 radical (unpaired) electrons. The number of halogens is 1. The fraction of sp³-hybridized carbons (Fsp3) is 0.0909. The van der Waals surface area contributed by atoms with Crippen molar-refractivity contribution in [1.29, 1.82) is 0 Å². The van der Waals surface area contributed by atoms with Gasteiger partial charge in [0.05, 0.1) is 29.0 Å².